The lowest BCUT2D eigenvalue weighted by Crippen LogP contribution is -2.31. The standard InChI is InChI=1S/C37H36FNO4/c1-24-22-28(14-19-31(24)43-23-26-8-6-5-7-9-26)34(40)32-33(27-12-15-29(16-13-27)37(2,3)4)39(36(42)35(32)41)21-20-25-10-17-30(38)18-11-25/h5-19,22,33,40H,20-21,23H2,1-4H3/b34-32-. The minimum absolute atomic E-state index is 0.0463. The molecule has 1 amide bonds. The lowest BCUT2D eigenvalue weighted by Gasteiger charge is -2.26. The van der Waals surface area contributed by atoms with Gasteiger partial charge in [-0.15, -0.1) is 0 Å². The van der Waals surface area contributed by atoms with Gasteiger partial charge in [-0.05, 0) is 76.9 Å². The number of likely N-dealkylation sites (tertiary alicyclic amines) is 1. The van der Waals surface area contributed by atoms with Crippen molar-refractivity contribution in [2.75, 3.05) is 6.54 Å². The van der Waals surface area contributed by atoms with Crippen LogP contribution in [0.2, 0.25) is 0 Å². The Morgan fingerprint density at radius 3 is 2.19 bits per heavy atom. The number of rotatable bonds is 8. The van der Waals surface area contributed by atoms with E-state index in [0.29, 0.717) is 24.3 Å². The van der Waals surface area contributed by atoms with Gasteiger partial charge in [0.25, 0.3) is 11.7 Å². The van der Waals surface area contributed by atoms with E-state index >= 15 is 0 Å². The van der Waals surface area contributed by atoms with Crippen LogP contribution in [0.5, 0.6) is 5.75 Å². The Morgan fingerprint density at radius 2 is 1.56 bits per heavy atom. The highest BCUT2D eigenvalue weighted by Crippen LogP contribution is 2.40. The highest BCUT2D eigenvalue weighted by Gasteiger charge is 2.46. The maximum Gasteiger partial charge on any atom is 0.295 e. The Labute approximate surface area is 252 Å². The zero-order valence-electron chi connectivity index (χ0n) is 24.9. The Bertz CT molecular complexity index is 1650. The summed E-state index contributed by atoms with van der Waals surface area (Å²) in [7, 11) is 0. The highest BCUT2D eigenvalue weighted by molar-refractivity contribution is 6.46. The molecule has 0 aromatic heterocycles. The third-order valence-electron chi connectivity index (χ3n) is 7.87. The number of carbonyl (C=O) groups excluding carboxylic acids is 2. The fourth-order valence-electron chi connectivity index (χ4n) is 5.37. The summed E-state index contributed by atoms with van der Waals surface area (Å²) in [6.07, 6.45) is 0.427. The van der Waals surface area contributed by atoms with Crippen LogP contribution in [0, 0.1) is 12.7 Å². The van der Waals surface area contributed by atoms with Crippen LogP contribution in [-0.2, 0) is 28.0 Å². The molecule has 0 radical (unpaired) electrons. The number of amides is 1. The summed E-state index contributed by atoms with van der Waals surface area (Å²) < 4.78 is 19.5. The molecular formula is C37H36FNO4. The van der Waals surface area contributed by atoms with Crippen LogP contribution >= 0.6 is 0 Å². The van der Waals surface area contributed by atoms with Crippen molar-refractivity contribution >= 4 is 17.4 Å². The molecule has 6 heteroatoms. The van der Waals surface area contributed by atoms with E-state index in [9.17, 15) is 19.1 Å². The Kier molecular flexibility index (Phi) is 8.49. The van der Waals surface area contributed by atoms with Gasteiger partial charge in [-0.3, -0.25) is 9.59 Å². The van der Waals surface area contributed by atoms with Crippen LogP contribution < -0.4 is 4.74 Å². The minimum atomic E-state index is -0.774. The van der Waals surface area contributed by atoms with Crippen molar-refractivity contribution in [3.63, 3.8) is 0 Å². The molecule has 1 heterocycles. The Balaban J connectivity index is 1.50. The smallest absolute Gasteiger partial charge is 0.295 e. The van der Waals surface area contributed by atoms with Crippen LogP contribution in [-0.4, -0.2) is 28.2 Å². The largest absolute Gasteiger partial charge is 0.507 e. The van der Waals surface area contributed by atoms with Crippen LogP contribution in [0.15, 0.2) is 103 Å². The van der Waals surface area contributed by atoms with Gasteiger partial charge < -0.3 is 14.7 Å². The van der Waals surface area contributed by atoms with E-state index < -0.39 is 17.7 Å². The number of aliphatic hydroxyl groups is 1. The average Bonchev–Trinajstić information content (AvgIpc) is 3.25. The molecule has 43 heavy (non-hydrogen) atoms. The predicted octanol–water partition coefficient (Wildman–Crippen LogP) is 7.68. The summed E-state index contributed by atoms with van der Waals surface area (Å²) >= 11 is 0. The fourth-order valence-corrected chi connectivity index (χ4v) is 5.37. The van der Waals surface area contributed by atoms with E-state index in [-0.39, 0.29) is 29.1 Å². The summed E-state index contributed by atoms with van der Waals surface area (Å²) in [6, 6.07) is 28.2. The third-order valence-corrected chi connectivity index (χ3v) is 7.87. The second kappa shape index (κ2) is 12.3. The van der Waals surface area contributed by atoms with E-state index in [2.05, 4.69) is 20.8 Å². The van der Waals surface area contributed by atoms with Crippen molar-refractivity contribution in [1.82, 2.24) is 4.90 Å². The van der Waals surface area contributed by atoms with Gasteiger partial charge in [0.05, 0.1) is 11.6 Å². The van der Waals surface area contributed by atoms with Gasteiger partial charge in [-0.1, -0.05) is 87.5 Å². The monoisotopic (exact) mass is 577 g/mol. The number of ether oxygens (including phenoxy) is 1. The molecule has 1 N–H and O–H groups in total. The molecule has 1 atom stereocenters. The molecule has 1 saturated heterocycles. The minimum Gasteiger partial charge on any atom is -0.507 e. The van der Waals surface area contributed by atoms with E-state index in [1.165, 1.54) is 17.0 Å². The van der Waals surface area contributed by atoms with E-state index in [0.717, 1.165) is 27.8 Å². The maximum atomic E-state index is 13.5. The van der Waals surface area contributed by atoms with Crippen LogP contribution in [0.1, 0.15) is 60.2 Å². The van der Waals surface area contributed by atoms with Gasteiger partial charge in [0.1, 0.15) is 23.9 Å². The highest BCUT2D eigenvalue weighted by atomic mass is 19.1. The number of aliphatic hydroxyl groups excluding tert-OH is 1. The van der Waals surface area contributed by atoms with Crippen molar-refractivity contribution in [3.05, 3.63) is 142 Å². The molecule has 220 valence electrons. The first-order valence-corrected chi connectivity index (χ1v) is 14.4. The zero-order chi connectivity index (χ0) is 30.7. The molecule has 4 aromatic carbocycles. The summed E-state index contributed by atoms with van der Waals surface area (Å²) in [6.45, 7) is 8.85. The molecule has 0 spiro atoms. The number of hydrogen-bond donors (Lipinski definition) is 1. The molecule has 1 fully saturated rings. The molecule has 4 aromatic rings. The molecule has 1 aliphatic rings. The summed E-state index contributed by atoms with van der Waals surface area (Å²) in [4.78, 5) is 28.5. The van der Waals surface area contributed by atoms with Crippen molar-refractivity contribution in [2.45, 2.75) is 52.2 Å². The first-order valence-electron chi connectivity index (χ1n) is 14.4. The number of ketones is 1. The number of benzene rings is 4. The van der Waals surface area contributed by atoms with Crippen molar-refractivity contribution in [1.29, 1.82) is 0 Å². The summed E-state index contributed by atoms with van der Waals surface area (Å²) in [5.41, 5.74) is 4.90. The van der Waals surface area contributed by atoms with E-state index in [4.69, 9.17) is 4.74 Å². The van der Waals surface area contributed by atoms with Gasteiger partial charge in [-0.2, -0.15) is 0 Å². The topological polar surface area (TPSA) is 66.8 Å². The predicted molar refractivity (Wildman–Crippen MR) is 166 cm³/mol. The number of hydrogen-bond acceptors (Lipinski definition) is 4. The molecule has 1 unspecified atom stereocenters. The lowest BCUT2D eigenvalue weighted by molar-refractivity contribution is -0.139. The van der Waals surface area contributed by atoms with Gasteiger partial charge in [-0.25, -0.2) is 4.39 Å². The normalized spacial score (nSPS) is 16.5. The molecule has 0 bridgehead atoms. The van der Waals surface area contributed by atoms with Crippen molar-refractivity contribution in [3.8, 4) is 5.75 Å². The fraction of sp³-hybridized carbons (Fsp3) is 0.243. The quantitative estimate of drug-likeness (QED) is 0.133. The molecule has 5 rings (SSSR count). The Morgan fingerprint density at radius 1 is 0.884 bits per heavy atom. The number of halogens is 1. The third kappa shape index (κ3) is 6.54. The van der Waals surface area contributed by atoms with Crippen LogP contribution in [0.3, 0.4) is 0 Å². The maximum absolute atomic E-state index is 13.5. The second-order valence-electron chi connectivity index (χ2n) is 12.0. The zero-order valence-corrected chi connectivity index (χ0v) is 24.9. The van der Waals surface area contributed by atoms with E-state index in [1.54, 1.807) is 30.3 Å². The van der Waals surface area contributed by atoms with Crippen molar-refractivity contribution in [2.24, 2.45) is 0 Å². The van der Waals surface area contributed by atoms with Gasteiger partial charge >= 0.3 is 0 Å². The van der Waals surface area contributed by atoms with Gasteiger partial charge in [0, 0.05) is 12.1 Å². The van der Waals surface area contributed by atoms with Gasteiger partial charge in [0.2, 0.25) is 0 Å². The lowest BCUT2D eigenvalue weighted by atomic mass is 9.85. The van der Waals surface area contributed by atoms with Crippen LogP contribution in [0.25, 0.3) is 5.76 Å². The molecule has 0 aliphatic carbocycles. The summed E-state index contributed by atoms with van der Waals surface area (Å²) in [5, 5.41) is 11.6. The summed E-state index contributed by atoms with van der Waals surface area (Å²) in [5.74, 6) is -1.31. The molecule has 1 aliphatic heterocycles. The SMILES string of the molecule is Cc1cc(/C(O)=C2/C(=O)C(=O)N(CCc3ccc(F)cc3)C2c2ccc(C(C)(C)C)cc2)ccc1OCc1ccccc1. The molecule has 5 nitrogen and oxygen atoms in total. The van der Waals surface area contributed by atoms with Gasteiger partial charge in [0.15, 0.2) is 0 Å². The first-order chi connectivity index (χ1) is 20.5. The van der Waals surface area contributed by atoms with Crippen molar-refractivity contribution < 1.29 is 23.8 Å². The number of nitrogens with zero attached hydrogens (tertiary/aromatic N) is 1. The molecular weight excluding hydrogens is 541 g/mol. The average molecular weight is 578 g/mol. The second-order valence-corrected chi connectivity index (χ2v) is 12.0. The molecule has 0 saturated carbocycles. The number of Topliss-reactive ketones (excluding diaryl/α,β-unsaturated/α-hetero) is 1. The number of carbonyl (C=O) groups is 2. The Hall–Kier alpha value is -4.71. The van der Waals surface area contributed by atoms with E-state index in [1.807, 2.05) is 61.5 Å². The van der Waals surface area contributed by atoms with Crippen LogP contribution in [0.4, 0.5) is 4.39 Å². The number of aryl methyl sites for hydroxylation is 1. The first kappa shape index (κ1) is 29.8.